The van der Waals surface area contributed by atoms with Gasteiger partial charge in [-0.1, -0.05) is 0 Å². The van der Waals surface area contributed by atoms with Gasteiger partial charge in [0, 0.05) is 59.3 Å². The zero-order valence-electron chi connectivity index (χ0n) is 15.9. The molecule has 3 aliphatic heterocycles. The van der Waals surface area contributed by atoms with Crippen LogP contribution in [0.5, 0.6) is 0 Å². The molecule has 0 saturated carbocycles. The maximum absolute atomic E-state index is 12.8. The summed E-state index contributed by atoms with van der Waals surface area (Å²) in [4.78, 5) is 35.1. The Kier molecular flexibility index (Phi) is 5.93. The number of carbonyl (C=O) groups is 2. The summed E-state index contributed by atoms with van der Waals surface area (Å²) >= 11 is 0. The van der Waals surface area contributed by atoms with Crippen molar-refractivity contribution >= 4 is 11.8 Å². The van der Waals surface area contributed by atoms with Gasteiger partial charge in [-0.05, 0) is 12.8 Å². The van der Waals surface area contributed by atoms with Gasteiger partial charge in [-0.25, -0.2) is 4.98 Å². The van der Waals surface area contributed by atoms with Crippen LogP contribution in [0.15, 0.2) is 12.4 Å². The highest BCUT2D eigenvalue weighted by molar-refractivity contribution is 5.86. The molecule has 0 N–H and O–H groups in total. The van der Waals surface area contributed by atoms with Crippen LogP contribution in [0.3, 0.4) is 0 Å². The first-order chi connectivity index (χ1) is 12.5. The van der Waals surface area contributed by atoms with Crippen molar-refractivity contribution in [2.75, 3.05) is 47.4 Å². The first-order valence-corrected chi connectivity index (χ1v) is 9.21. The summed E-state index contributed by atoms with van der Waals surface area (Å²) in [5.41, 5.74) is 0. The second-order valence-corrected chi connectivity index (χ2v) is 7.41. The molecule has 0 radical (unpaired) electrons. The fourth-order valence-electron chi connectivity index (χ4n) is 3.84. The van der Waals surface area contributed by atoms with Crippen molar-refractivity contribution in [2.45, 2.75) is 32.0 Å². The van der Waals surface area contributed by atoms with Crippen LogP contribution in [-0.4, -0.2) is 89.6 Å². The Hall–Kier alpha value is -1.93. The molecular weight excluding hydrogens is 334 g/mol. The Labute approximate surface area is 154 Å². The lowest BCUT2D eigenvalue weighted by molar-refractivity contribution is -0.145. The van der Waals surface area contributed by atoms with Crippen LogP contribution in [0, 0.1) is 5.92 Å². The normalized spacial score (nSPS) is 23.3. The van der Waals surface area contributed by atoms with E-state index in [1.807, 2.05) is 12.4 Å². The number of fused-ring (bicyclic) bond motifs is 4. The van der Waals surface area contributed by atoms with Gasteiger partial charge in [0.25, 0.3) is 0 Å². The third-order valence-electron chi connectivity index (χ3n) is 5.38. The lowest BCUT2D eigenvalue weighted by Crippen LogP contribution is -2.51. The minimum atomic E-state index is -0.0221. The summed E-state index contributed by atoms with van der Waals surface area (Å²) in [6.07, 6.45) is 5.65. The van der Waals surface area contributed by atoms with Crippen molar-refractivity contribution in [1.82, 2.24) is 24.3 Å². The van der Waals surface area contributed by atoms with Gasteiger partial charge in [0.1, 0.15) is 12.4 Å². The number of imidazole rings is 1. The number of piperidine rings is 1. The molecule has 3 fully saturated rings. The van der Waals surface area contributed by atoms with Crippen molar-refractivity contribution < 1.29 is 14.3 Å². The summed E-state index contributed by atoms with van der Waals surface area (Å²) in [5.74, 6) is 1.08. The van der Waals surface area contributed by atoms with E-state index in [0.717, 1.165) is 38.3 Å². The fourth-order valence-corrected chi connectivity index (χ4v) is 3.84. The predicted octanol–water partition coefficient (Wildman–Crippen LogP) is 0.0405. The first-order valence-electron chi connectivity index (χ1n) is 9.21. The van der Waals surface area contributed by atoms with Crippen LogP contribution in [0.25, 0.3) is 0 Å². The Morgan fingerprint density at radius 2 is 2.15 bits per heavy atom. The second kappa shape index (κ2) is 8.18. The molecule has 1 aromatic rings. The van der Waals surface area contributed by atoms with E-state index in [1.165, 1.54) is 0 Å². The van der Waals surface area contributed by atoms with Gasteiger partial charge in [-0.15, -0.1) is 0 Å². The van der Waals surface area contributed by atoms with Crippen LogP contribution in [-0.2, 0) is 27.4 Å². The molecule has 8 nitrogen and oxygen atoms in total. The van der Waals surface area contributed by atoms with E-state index in [1.54, 1.807) is 31.0 Å². The molecule has 0 aromatic carbocycles. The lowest BCUT2D eigenvalue weighted by atomic mass is 9.94. The molecule has 8 heteroatoms. The maximum atomic E-state index is 12.8. The Morgan fingerprint density at radius 1 is 1.35 bits per heavy atom. The Balaban J connectivity index is 1.69. The van der Waals surface area contributed by atoms with Gasteiger partial charge in [-0.3, -0.25) is 14.5 Å². The lowest BCUT2D eigenvalue weighted by Gasteiger charge is -2.36. The van der Waals surface area contributed by atoms with Crippen molar-refractivity contribution in [3.63, 3.8) is 0 Å². The summed E-state index contributed by atoms with van der Waals surface area (Å²) < 4.78 is 7.26. The number of carbonyl (C=O) groups excluding carboxylic acids is 2. The molecule has 0 unspecified atom stereocenters. The van der Waals surface area contributed by atoms with Crippen molar-refractivity contribution in [1.29, 1.82) is 0 Å². The van der Waals surface area contributed by atoms with Gasteiger partial charge in [0.05, 0.1) is 19.1 Å². The third-order valence-corrected chi connectivity index (χ3v) is 5.38. The first kappa shape index (κ1) is 18.8. The van der Waals surface area contributed by atoms with E-state index in [4.69, 9.17) is 4.74 Å². The predicted molar refractivity (Wildman–Crippen MR) is 96.3 cm³/mol. The molecule has 2 atom stereocenters. The quantitative estimate of drug-likeness (QED) is 0.684. The summed E-state index contributed by atoms with van der Waals surface area (Å²) in [6.45, 7) is 3.84. The standard InChI is InChI=1S/C18H29N5O3/c1-20(2)17(24)13-23-15-5-4-14(18(23)25)10-21(11-15)12-16-19-6-7-22(16)8-9-26-3/h6-7,14-15H,4-5,8-13H2,1-3H3/t14-,15+/m0/s1. The molecule has 0 aliphatic carbocycles. The topological polar surface area (TPSA) is 70.9 Å². The molecular formula is C18H29N5O3. The zero-order chi connectivity index (χ0) is 18.7. The van der Waals surface area contributed by atoms with E-state index in [-0.39, 0.29) is 30.3 Å². The molecule has 1 aromatic heterocycles. The van der Waals surface area contributed by atoms with Gasteiger partial charge in [0.2, 0.25) is 11.8 Å². The average Bonchev–Trinajstić information content (AvgIpc) is 2.88. The number of hydrogen-bond acceptors (Lipinski definition) is 5. The average molecular weight is 363 g/mol. The molecule has 3 aliphatic rings. The molecule has 4 rings (SSSR count). The van der Waals surface area contributed by atoms with E-state index < -0.39 is 0 Å². The second-order valence-electron chi connectivity index (χ2n) is 7.41. The number of rotatable bonds is 7. The molecule has 3 saturated heterocycles. The number of amides is 2. The molecule has 26 heavy (non-hydrogen) atoms. The molecule has 2 bridgehead atoms. The summed E-state index contributed by atoms with van der Waals surface area (Å²) in [6, 6.07) is 0.104. The van der Waals surface area contributed by atoms with Crippen molar-refractivity contribution in [3.8, 4) is 0 Å². The zero-order valence-corrected chi connectivity index (χ0v) is 15.9. The van der Waals surface area contributed by atoms with Crippen LogP contribution in [0.1, 0.15) is 18.7 Å². The number of likely N-dealkylation sites (N-methyl/N-ethyl adjacent to an activating group) is 1. The highest BCUT2D eigenvalue weighted by Gasteiger charge is 2.41. The Bertz CT molecular complexity index is 645. The van der Waals surface area contributed by atoms with E-state index in [0.29, 0.717) is 13.2 Å². The minimum absolute atomic E-state index is 0.0208. The highest BCUT2D eigenvalue weighted by atomic mass is 16.5. The molecule has 144 valence electrons. The van der Waals surface area contributed by atoms with Gasteiger partial charge < -0.3 is 19.1 Å². The number of nitrogens with zero attached hydrogens (tertiary/aromatic N) is 5. The van der Waals surface area contributed by atoms with Crippen molar-refractivity contribution in [3.05, 3.63) is 18.2 Å². The SMILES string of the molecule is COCCn1ccnc1CN1C[C@@H]2CC[C@H](C1)N(CC(=O)N(C)C)C2=O. The number of methoxy groups -OCH3 is 1. The summed E-state index contributed by atoms with van der Waals surface area (Å²) in [5, 5.41) is 0. The molecule has 4 heterocycles. The van der Waals surface area contributed by atoms with E-state index >= 15 is 0 Å². The van der Waals surface area contributed by atoms with Gasteiger partial charge in [0.15, 0.2) is 0 Å². The van der Waals surface area contributed by atoms with Crippen LogP contribution < -0.4 is 0 Å². The molecule has 0 spiro atoms. The Morgan fingerprint density at radius 3 is 2.88 bits per heavy atom. The van der Waals surface area contributed by atoms with Gasteiger partial charge in [-0.2, -0.15) is 0 Å². The smallest absolute Gasteiger partial charge is 0.241 e. The third kappa shape index (κ3) is 4.07. The number of ether oxygens (including phenoxy) is 1. The number of hydrogen-bond donors (Lipinski definition) is 0. The van der Waals surface area contributed by atoms with Crippen LogP contribution in [0.4, 0.5) is 0 Å². The van der Waals surface area contributed by atoms with Crippen molar-refractivity contribution in [2.24, 2.45) is 5.92 Å². The minimum Gasteiger partial charge on any atom is -0.383 e. The van der Waals surface area contributed by atoms with Gasteiger partial charge >= 0.3 is 0 Å². The van der Waals surface area contributed by atoms with E-state index in [2.05, 4.69) is 14.5 Å². The monoisotopic (exact) mass is 363 g/mol. The number of aromatic nitrogens is 2. The maximum Gasteiger partial charge on any atom is 0.241 e. The van der Waals surface area contributed by atoms with E-state index in [9.17, 15) is 9.59 Å². The van der Waals surface area contributed by atoms with Crippen LogP contribution in [0.2, 0.25) is 0 Å². The largest absolute Gasteiger partial charge is 0.383 e. The fraction of sp³-hybridized carbons (Fsp3) is 0.722. The molecule has 2 amide bonds. The summed E-state index contributed by atoms with van der Waals surface area (Å²) in [7, 11) is 5.16. The highest BCUT2D eigenvalue weighted by Crippen LogP contribution is 2.29. The van der Waals surface area contributed by atoms with Crippen LogP contribution >= 0.6 is 0 Å².